The first-order chi connectivity index (χ1) is 14.1. The maximum atomic E-state index is 13.2. The van der Waals surface area contributed by atoms with Gasteiger partial charge in [-0.25, -0.2) is 0 Å². The first-order valence-corrected chi connectivity index (χ1v) is 9.93. The zero-order chi connectivity index (χ0) is 20.4. The molecule has 152 valence electrons. The van der Waals surface area contributed by atoms with E-state index >= 15 is 0 Å². The normalized spacial score (nSPS) is 17.9. The van der Waals surface area contributed by atoms with Gasteiger partial charge >= 0.3 is 0 Å². The maximum Gasteiger partial charge on any atom is 0.227 e. The Hall–Kier alpha value is -3.02. The molecule has 1 unspecified atom stereocenters. The predicted octanol–water partition coefficient (Wildman–Crippen LogP) is 3.58. The lowest BCUT2D eigenvalue weighted by molar-refractivity contribution is -0.131. The molecule has 1 fully saturated rings. The van der Waals surface area contributed by atoms with Crippen LogP contribution >= 0.6 is 0 Å². The number of benzene rings is 2. The van der Waals surface area contributed by atoms with Crippen molar-refractivity contribution in [2.75, 3.05) is 26.9 Å². The molecule has 1 saturated heterocycles. The predicted molar refractivity (Wildman–Crippen MR) is 108 cm³/mol. The van der Waals surface area contributed by atoms with Crippen LogP contribution in [0.2, 0.25) is 0 Å². The van der Waals surface area contributed by atoms with Crippen LogP contribution < -0.4 is 14.2 Å². The summed E-state index contributed by atoms with van der Waals surface area (Å²) in [6, 6.07) is 11.2. The zero-order valence-electron chi connectivity index (χ0n) is 16.8. The second-order valence-corrected chi connectivity index (χ2v) is 7.41. The third-order valence-electron chi connectivity index (χ3n) is 5.55. The molecule has 0 N–H and O–H groups in total. The van der Waals surface area contributed by atoms with Crippen LogP contribution in [-0.4, -0.2) is 43.5 Å². The topological polar surface area (TPSA) is 65.1 Å². The van der Waals surface area contributed by atoms with Crippen molar-refractivity contribution in [1.29, 1.82) is 0 Å². The molecule has 1 atom stereocenters. The molecular formula is C23H25NO5. The standard InChI is InChI=1S/C23H25NO5/c1-15(25)16-5-7-20(27-2)18(12-16)14-23(26)24-9-3-4-19(24)17-6-8-21-22(13-17)29-11-10-28-21/h5-8,12-13,19H,3-4,9-11,14H2,1-2H3. The monoisotopic (exact) mass is 395 g/mol. The molecule has 0 spiro atoms. The SMILES string of the molecule is COc1ccc(C(C)=O)cc1CC(=O)N1CCCC1c1ccc2c(c1)OCCO2. The summed E-state index contributed by atoms with van der Waals surface area (Å²) in [6.45, 7) is 3.33. The molecule has 4 rings (SSSR count). The summed E-state index contributed by atoms with van der Waals surface area (Å²) in [5.74, 6) is 2.11. The summed E-state index contributed by atoms with van der Waals surface area (Å²) >= 11 is 0. The van der Waals surface area contributed by atoms with Crippen LogP contribution in [0.1, 0.15) is 47.3 Å². The highest BCUT2D eigenvalue weighted by Crippen LogP contribution is 2.38. The van der Waals surface area contributed by atoms with Gasteiger partial charge in [-0.05, 0) is 55.7 Å². The van der Waals surface area contributed by atoms with E-state index in [-0.39, 0.29) is 24.2 Å². The van der Waals surface area contributed by atoms with E-state index in [1.54, 1.807) is 25.3 Å². The molecule has 29 heavy (non-hydrogen) atoms. The van der Waals surface area contributed by atoms with Gasteiger partial charge in [0, 0.05) is 17.7 Å². The Balaban J connectivity index is 1.56. The van der Waals surface area contributed by atoms with Gasteiger partial charge in [0.25, 0.3) is 0 Å². The van der Waals surface area contributed by atoms with E-state index in [0.717, 1.165) is 35.5 Å². The van der Waals surface area contributed by atoms with E-state index in [2.05, 4.69) is 0 Å². The van der Waals surface area contributed by atoms with Crippen LogP contribution in [0.3, 0.4) is 0 Å². The van der Waals surface area contributed by atoms with E-state index in [0.29, 0.717) is 31.1 Å². The number of rotatable bonds is 5. The smallest absolute Gasteiger partial charge is 0.227 e. The number of likely N-dealkylation sites (tertiary alicyclic amines) is 1. The molecule has 2 aliphatic rings. The van der Waals surface area contributed by atoms with E-state index < -0.39 is 0 Å². The van der Waals surface area contributed by atoms with Crippen LogP contribution in [0.25, 0.3) is 0 Å². The van der Waals surface area contributed by atoms with Gasteiger partial charge in [0.15, 0.2) is 17.3 Å². The van der Waals surface area contributed by atoms with Crippen molar-refractivity contribution in [3.63, 3.8) is 0 Å². The van der Waals surface area contributed by atoms with Crippen LogP contribution in [-0.2, 0) is 11.2 Å². The summed E-state index contributed by atoms with van der Waals surface area (Å²) in [5.41, 5.74) is 2.38. The molecule has 6 nitrogen and oxygen atoms in total. The van der Waals surface area contributed by atoms with Crippen molar-refractivity contribution in [2.24, 2.45) is 0 Å². The molecule has 2 aliphatic heterocycles. The third kappa shape index (κ3) is 3.92. The number of Topliss-reactive ketones (excluding diaryl/α,β-unsaturated/α-hetero) is 1. The number of hydrogen-bond donors (Lipinski definition) is 0. The lowest BCUT2D eigenvalue weighted by Gasteiger charge is -2.27. The highest BCUT2D eigenvalue weighted by Gasteiger charge is 2.31. The molecule has 0 radical (unpaired) electrons. The highest BCUT2D eigenvalue weighted by molar-refractivity contribution is 5.94. The number of carbonyl (C=O) groups excluding carboxylic acids is 2. The van der Waals surface area contributed by atoms with Crippen molar-refractivity contribution < 1.29 is 23.8 Å². The average molecular weight is 395 g/mol. The number of nitrogens with zero attached hydrogens (tertiary/aromatic N) is 1. The summed E-state index contributed by atoms with van der Waals surface area (Å²) in [7, 11) is 1.57. The number of methoxy groups -OCH3 is 1. The average Bonchev–Trinajstić information content (AvgIpc) is 3.23. The quantitative estimate of drug-likeness (QED) is 0.724. The molecule has 2 heterocycles. The van der Waals surface area contributed by atoms with Gasteiger partial charge in [-0.1, -0.05) is 6.07 Å². The summed E-state index contributed by atoms with van der Waals surface area (Å²) in [5, 5.41) is 0. The fourth-order valence-electron chi connectivity index (χ4n) is 4.08. The second-order valence-electron chi connectivity index (χ2n) is 7.41. The Bertz CT molecular complexity index is 939. The van der Waals surface area contributed by atoms with Crippen molar-refractivity contribution >= 4 is 11.7 Å². The Morgan fingerprint density at radius 1 is 1.10 bits per heavy atom. The van der Waals surface area contributed by atoms with Gasteiger partial charge in [0.2, 0.25) is 5.91 Å². The van der Waals surface area contributed by atoms with E-state index in [1.165, 1.54) is 6.92 Å². The summed E-state index contributed by atoms with van der Waals surface area (Å²) < 4.78 is 16.7. The van der Waals surface area contributed by atoms with Crippen molar-refractivity contribution in [3.8, 4) is 17.2 Å². The first kappa shape index (κ1) is 19.3. The Morgan fingerprint density at radius 3 is 2.66 bits per heavy atom. The Kier molecular flexibility index (Phi) is 5.43. The first-order valence-electron chi connectivity index (χ1n) is 9.93. The molecule has 2 aromatic carbocycles. The second kappa shape index (κ2) is 8.15. The van der Waals surface area contributed by atoms with Gasteiger partial charge in [0.05, 0.1) is 19.6 Å². The summed E-state index contributed by atoms with van der Waals surface area (Å²) in [6.07, 6.45) is 2.07. The maximum absolute atomic E-state index is 13.2. The lowest BCUT2D eigenvalue weighted by Crippen LogP contribution is -2.32. The molecule has 0 aliphatic carbocycles. The van der Waals surface area contributed by atoms with Crippen LogP contribution in [0.5, 0.6) is 17.2 Å². The van der Waals surface area contributed by atoms with Crippen LogP contribution in [0.15, 0.2) is 36.4 Å². The van der Waals surface area contributed by atoms with Crippen molar-refractivity contribution in [3.05, 3.63) is 53.1 Å². The van der Waals surface area contributed by atoms with Crippen LogP contribution in [0.4, 0.5) is 0 Å². The van der Waals surface area contributed by atoms with Crippen LogP contribution in [0, 0.1) is 0 Å². The lowest BCUT2D eigenvalue weighted by atomic mass is 10.0. The molecule has 0 saturated carbocycles. The minimum atomic E-state index is -0.0309. The number of ether oxygens (including phenoxy) is 3. The van der Waals surface area contributed by atoms with Crippen molar-refractivity contribution in [2.45, 2.75) is 32.2 Å². The highest BCUT2D eigenvalue weighted by atomic mass is 16.6. The fraction of sp³-hybridized carbons (Fsp3) is 0.391. The molecular weight excluding hydrogens is 370 g/mol. The number of carbonyl (C=O) groups is 2. The van der Waals surface area contributed by atoms with Gasteiger partial charge in [-0.2, -0.15) is 0 Å². The number of ketones is 1. The third-order valence-corrected chi connectivity index (χ3v) is 5.55. The molecule has 2 aromatic rings. The number of fused-ring (bicyclic) bond motifs is 1. The van der Waals surface area contributed by atoms with Gasteiger partial charge in [-0.15, -0.1) is 0 Å². The Labute approximate surface area is 170 Å². The number of hydrogen-bond acceptors (Lipinski definition) is 5. The molecule has 0 aromatic heterocycles. The molecule has 0 bridgehead atoms. The zero-order valence-corrected chi connectivity index (χ0v) is 16.8. The number of amides is 1. The largest absolute Gasteiger partial charge is 0.496 e. The van der Waals surface area contributed by atoms with Gasteiger partial charge in [0.1, 0.15) is 19.0 Å². The van der Waals surface area contributed by atoms with Gasteiger partial charge in [-0.3, -0.25) is 9.59 Å². The van der Waals surface area contributed by atoms with E-state index in [9.17, 15) is 9.59 Å². The van der Waals surface area contributed by atoms with Gasteiger partial charge < -0.3 is 19.1 Å². The Morgan fingerprint density at radius 2 is 1.90 bits per heavy atom. The molecule has 6 heteroatoms. The minimum absolute atomic E-state index is 0.0142. The molecule has 1 amide bonds. The fourth-order valence-corrected chi connectivity index (χ4v) is 4.08. The van der Waals surface area contributed by atoms with E-state index in [4.69, 9.17) is 14.2 Å². The minimum Gasteiger partial charge on any atom is -0.496 e. The van der Waals surface area contributed by atoms with E-state index in [1.807, 2.05) is 23.1 Å². The van der Waals surface area contributed by atoms with Crippen molar-refractivity contribution in [1.82, 2.24) is 4.90 Å². The summed E-state index contributed by atoms with van der Waals surface area (Å²) in [4.78, 5) is 26.8.